The number of carbonyl (C=O) groups is 2. The van der Waals surface area contributed by atoms with Crippen molar-refractivity contribution in [1.82, 2.24) is 15.1 Å². The monoisotopic (exact) mass is 255 g/mol. The van der Waals surface area contributed by atoms with Gasteiger partial charge < -0.3 is 15.1 Å². The Hall–Kier alpha value is -1.10. The number of likely N-dealkylation sites (N-methyl/N-ethyl adjacent to an activating group) is 1. The fourth-order valence-corrected chi connectivity index (χ4v) is 2.06. The van der Waals surface area contributed by atoms with Crippen molar-refractivity contribution in [2.24, 2.45) is 5.92 Å². The first-order chi connectivity index (χ1) is 8.54. The van der Waals surface area contributed by atoms with E-state index in [2.05, 4.69) is 12.2 Å². The lowest BCUT2D eigenvalue weighted by Gasteiger charge is -2.16. The van der Waals surface area contributed by atoms with Gasteiger partial charge >= 0.3 is 0 Å². The minimum absolute atomic E-state index is 0.0178. The van der Waals surface area contributed by atoms with Gasteiger partial charge in [0.05, 0.1) is 5.92 Å². The number of nitrogens with one attached hydrogen (secondary N) is 1. The number of likely N-dealkylation sites (tertiary alicyclic amines) is 1. The van der Waals surface area contributed by atoms with Crippen molar-refractivity contribution >= 4 is 11.8 Å². The van der Waals surface area contributed by atoms with E-state index in [1.807, 2.05) is 23.9 Å². The van der Waals surface area contributed by atoms with E-state index < -0.39 is 0 Å². The van der Waals surface area contributed by atoms with Gasteiger partial charge in [-0.2, -0.15) is 0 Å². The van der Waals surface area contributed by atoms with Gasteiger partial charge in [-0.25, -0.2) is 0 Å². The van der Waals surface area contributed by atoms with E-state index in [0.29, 0.717) is 19.5 Å². The van der Waals surface area contributed by atoms with Crippen LogP contribution in [0.15, 0.2) is 0 Å². The highest BCUT2D eigenvalue weighted by Crippen LogP contribution is 2.18. The zero-order valence-corrected chi connectivity index (χ0v) is 11.7. The van der Waals surface area contributed by atoms with Crippen molar-refractivity contribution in [3.05, 3.63) is 0 Å². The molecule has 1 atom stereocenters. The Bertz CT molecular complexity index is 292. The maximum absolute atomic E-state index is 11.9. The Morgan fingerprint density at radius 2 is 2.22 bits per heavy atom. The van der Waals surface area contributed by atoms with Gasteiger partial charge in [0.2, 0.25) is 11.8 Å². The normalized spacial score (nSPS) is 19.7. The molecule has 104 valence electrons. The average Bonchev–Trinajstić information content (AvgIpc) is 2.67. The Balaban J connectivity index is 2.30. The molecule has 5 nitrogen and oxygen atoms in total. The van der Waals surface area contributed by atoms with Crippen molar-refractivity contribution in [3.8, 4) is 0 Å². The zero-order valence-electron chi connectivity index (χ0n) is 11.7. The van der Waals surface area contributed by atoms with Crippen molar-refractivity contribution in [2.45, 2.75) is 26.2 Å². The number of amides is 2. The molecule has 0 aliphatic carbocycles. The van der Waals surface area contributed by atoms with E-state index in [1.54, 1.807) is 0 Å². The molecule has 0 aromatic rings. The first-order valence-electron chi connectivity index (χ1n) is 6.74. The first kappa shape index (κ1) is 15.0. The summed E-state index contributed by atoms with van der Waals surface area (Å²) in [5.41, 5.74) is 0. The van der Waals surface area contributed by atoms with Crippen LogP contribution >= 0.6 is 0 Å². The minimum atomic E-state index is -0.156. The van der Waals surface area contributed by atoms with Crippen molar-refractivity contribution in [2.75, 3.05) is 40.3 Å². The third-order valence-electron chi connectivity index (χ3n) is 3.23. The molecule has 2 amide bonds. The summed E-state index contributed by atoms with van der Waals surface area (Å²) in [6.45, 7) is 4.95. The molecule has 1 fully saturated rings. The molecule has 0 aromatic carbocycles. The first-order valence-corrected chi connectivity index (χ1v) is 6.74. The lowest BCUT2D eigenvalue weighted by molar-refractivity contribution is -0.129. The van der Waals surface area contributed by atoms with Crippen molar-refractivity contribution < 1.29 is 9.59 Å². The fraction of sp³-hybridized carbons (Fsp3) is 0.846. The molecular weight excluding hydrogens is 230 g/mol. The molecular formula is C13H25N3O2. The van der Waals surface area contributed by atoms with E-state index in [0.717, 1.165) is 25.9 Å². The highest BCUT2D eigenvalue weighted by Gasteiger charge is 2.33. The standard InChI is InChI=1S/C13H25N3O2/c1-4-5-7-16-10-11(9-12(16)17)13(18)14-6-8-15(2)3/h11H,4-10H2,1-3H3,(H,14,18). The molecule has 1 rings (SSSR count). The molecule has 1 saturated heterocycles. The predicted molar refractivity (Wildman–Crippen MR) is 71.2 cm³/mol. The Kier molecular flexibility index (Phi) is 6.12. The summed E-state index contributed by atoms with van der Waals surface area (Å²) in [5.74, 6) is -0.0167. The molecule has 1 unspecified atom stereocenters. The molecule has 1 heterocycles. The number of rotatable bonds is 7. The smallest absolute Gasteiger partial charge is 0.225 e. The van der Waals surface area contributed by atoms with E-state index in [4.69, 9.17) is 0 Å². The van der Waals surface area contributed by atoms with Crippen LogP contribution in [0.1, 0.15) is 26.2 Å². The minimum Gasteiger partial charge on any atom is -0.355 e. The second kappa shape index (κ2) is 7.36. The summed E-state index contributed by atoms with van der Waals surface area (Å²) in [5, 5.41) is 2.89. The second-order valence-corrected chi connectivity index (χ2v) is 5.19. The number of nitrogens with zero attached hydrogens (tertiary/aromatic N) is 2. The third-order valence-corrected chi connectivity index (χ3v) is 3.23. The van der Waals surface area contributed by atoms with Crippen molar-refractivity contribution in [3.63, 3.8) is 0 Å². The van der Waals surface area contributed by atoms with Crippen LogP contribution in [-0.4, -0.2) is 61.9 Å². The van der Waals surface area contributed by atoms with E-state index >= 15 is 0 Å². The van der Waals surface area contributed by atoms with Gasteiger partial charge in [0.15, 0.2) is 0 Å². The topological polar surface area (TPSA) is 52.7 Å². The van der Waals surface area contributed by atoms with E-state index in [9.17, 15) is 9.59 Å². The van der Waals surface area contributed by atoms with Crippen LogP contribution < -0.4 is 5.32 Å². The molecule has 0 radical (unpaired) electrons. The Morgan fingerprint density at radius 1 is 1.50 bits per heavy atom. The molecule has 0 spiro atoms. The summed E-state index contributed by atoms with van der Waals surface area (Å²) < 4.78 is 0. The number of carbonyl (C=O) groups excluding carboxylic acids is 2. The third kappa shape index (κ3) is 4.64. The molecule has 1 N–H and O–H groups in total. The van der Waals surface area contributed by atoms with Gasteiger partial charge in [-0.15, -0.1) is 0 Å². The average molecular weight is 255 g/mol. The van der Waals surface area contributed by atoms with Gasteiger partial charge in [-0.1, -0.05) is 13.3 Å². The molecule has 0 saturated carbocycles. The van der Waals surface area contributed by atoms with Crippen LogP contribution in [0.4, 0.5) is 0 Å². The summed E-state index contributed by atoms with van der Waals surface area (Å²) >= 11 is 0. The molecule has 1 aliphatic rings. The van der Waals surface area contributed by atoms with Crippen molar-refractivity contribution in [1.29, 1.82) is 0 Å². The molecule has 5 heteroatoms. The van der Waals surface area contributed by atoms with Gasteiger partial charge in [0, 0.05) is 32.6 Å². The van der Waals surface area contributed by atoms with Crippen LogP contribution in [0.5, 0.6) is 0 Å². The fourth-order valence-electron chi connectivity index (χ4n) is 2.06. The molecule has 18 heavy (non-hydrogen) atoms. The van der Waals surface area contributed by atoms with Gasteiger partial charge in [-0.3, -0.25) is 9.59 Å². The summed E-state index contributed by atoms with van der Waals surface area (Å²) in [6.07, 6.45) is 2.46. The molecule has 1 aliphatic heterocycles. The summed E-state index contributed by atoms with van der Waals surface area (Å²) in [4.78, 5) is 27.4. The molecule has 0 bridgehead atoms. The Morgan fingerprint density at radius 3 is 2.83 bits per heavy atom. The van der Waals surface area contributed by atoms with Crippen LogP contribution in [0.2, 0.25) is 0 Å². The Labute approximate surface area is 110 Å². The van der Waals surface area contributed by atoms with Crippen LogP contribution in [0, 0.1) is 5.92 Å². The lowest BCUT2D eigenvalue weighted by Crippen LogP contribution is -2.36. The van der Waals surface area contributed by atoms with Gasteiger partial charge in [-0.05, 0) is 20.5 Å². The van der Waals surface area contributed by atoms with Gasteiger partial charge in [0.1, 0.15) is 0 Å². The van der Waals surface area contributed by atoms with Crippen LogP contribution in [0.25, 0.3) is 0 Å². The predicted octanol–water partition coefficient (Wildman–Crippen LogP) is 0.313. The maximum Gasteiger partial charge on any atom is 0.225 e. The quantitative estimate of drug-likeness (QED) is 0.712. The highest BCUT2D eigenvalue weighted by atomic mass is 16.2. The lowest BCUT2D eigenvalue weighted by atomic mass is 10.1. The van der Waals surface area contributed by atoms with Crippen LogP contribution in [0.3, 0.4) is 0 Å². The summed E-state index contributed by atoms with van der Waals surface area (Å²) in [6, 6.07) is 0. The molecule has 0 aromatic heterocycles. The SMILES string of the molecule is CCCCN1CC(C(=O)NCCN(C)C)CC1=O. The highest BCUT2D eigenvalue weighted by molar-refractivity contribution is 5.89. The number of hydrogen-bond donors (Lipinski definition) is 1. The van der Waals surface area contributed by atoms with Crippen LogP contribution in [-0.2, 0) is 9.59 Å². The van der Waals surface area contributed by atoms with E-state index in [1.165, 1.54) is 0 Å². The number of hydrogen-bond acceptors (Lipinski definition) is 3. The largest absolute Gasteiger partial charge is 0.355 e. The maximum atomic E-state index is 11.9. The summed E-state index contributed by atoms with van der Waals surface area (Å²) in [7, 11) is 3.94. The van der Waals surface area contributed by atoms with Gasteiger partial charge in [0.25, 0.3) is 0 Å². The number of unbranched alkanes of at least 4 members (excludes halogenated alkanes) is 1. The zero-order chi connectivity index (χ0) is 13.5. The van der Waals surface area contributed by atoms with E-state index in [-0.39, 0.29) is 17.7 Å². The second-order valence-electron chi connectivity index (χ2n) is 5.19.